The van der Waals surface area contributed by atoms with E-state index in [0.29, 0.717) is 23.1 Å². The Morgan fingerprint density at radius 1 is 1.19 bits per heavy atom. The van der Waals surface area contributed by atoms with Gasteiger partial charge < -0.3 is 15.5 Å². The zero-order valence-corrected chi connectivity index (χ0v) is 15.4. The van der Waals surface area contributed by atoms with Crippen molar-refractivity contribution in [1.82, 2.24) is 25.2 Å². The summed E-state index contributed by atoms with van der Waals surface area (Å²) < 4.78 is 0. The van der Waals surface area contributed by atoms with Crippen LogP contribution in [0, 0.1) is 6.92 Å². The number of urea groups is 1. The lowest BCUT2D eigenvalue weighted by molar-refractivity contribution is 0.240. The smallest absolute Gasteiger partial charge is 0.319 e. The molecule has 0 spiro atoms. The van der Waals surface area contributed by atoms with Crippen LogP contribution in [0.15, 0.2) is 30.6 Å². The predicted molar refractivity (Wildman–Crippen MR) is 102 cm³/mol. The standard InChI is InChI=1S/C17H22ClN7O/c1-13-14(3-4-15(18)22-13)23-17(26)21-7-8-24-9-11-25(12-10-24)16-19-5-2-6-20-16/h2-6H,7-12H2,1H3,(H2,21,23,26). The molecule has 0 unspecified atom stereocenters. The highest BCUT2D eigenvalue weighted by Gasteiger charge is 2.18. The van der Waals surface area contributed by atoms with E-state index in [1.807, 2.05) is 6.07 Å². The first-order valence-corrected chi connectivity index (χ1v) is 8.92. The van der Waals surface area contributed by atoms with Gasteiger partial charge in [0.25, 0.3) is 0 Å². The molecule has 2 N–H and O–H groups in total. The van der Waals surface area contributed by atoms with E-state index in [-0.39, 0.29) is 6.03 Å². The number of aromatic nitrogens is 3. The molecule has 1 aliphatic heterocycles. The number of anilines is 2. The predicted octanol–water partition coefficient (Wildman–Crippen LogP) is 1.78. The average molecular weight is 376 g/mol. The number of pyridine rings is 1. The summed E-state index contributed by atoms with van der Waals surface area (Å²) >= 11 is 5.82. The molecule has 0 atom stereocenters. The Bertz CT molecular complexity index is 735. The molecule has 8 nitrogen and oxygen atoms in total. The monoisotopic (exact) mass is 375 g/mol. The van der Waals surface area contributed by atoms with Gasteiger partial charge >= 0.3 is 6.03 Å². The Labute approximate surface area is 157 Å². The number of nitrogens with zero attached hydrogens (tertiary/aromatic N) is 5. The van der Waals surface area contributed by atoms with E-state index in [4.69, 9.17) is 11.6 Å². The minimum Gasteiger partial charge on any atom is -0.338 e. The van der Waals surface area contributed by atoms with Gasteiger partial charge in [0.1, 0.15) is 5.15 Å². The van der Waals surface area contributed by atoms with Gasteiger partial charge in [-0.1, -0.05) is 11.6 Å². The summed E-state index contributed by atoms with van der Waals surface area (Å²) in [6.07, 6.45) is 3.52. The van der Waals surface area contributed by atoms with Crippen molar-refractivity contribution in [3.63, 3.8) is 0 Å². The van der Waals surface area contributed by atoms with Crippen molar-refractivity contribution in [2.75, 3.05) is 49.5 Å². The maximum atomic E-state index is 12.0. The summed E-state index contributed by atoms with van der Waals surface area (Å²) in [6.45, 7) is 6.78. The Balaban J connectivity index is 1.37. The number of halogens is 1. The largest absolute Gasteiger partial charge is 0.338 e. The van der Waals surface area contributed by atoms with Crippen molar-refractivity contribution in [3.8, 4) is 0 Å². The summed E-state index contributed by atoms with van der Waals surface area (Å²) in [5, 5.41) is 6.07. The number of hydrogen-bond acceptors (Lipinski definition) is 6. The zero-order chi connectivity index (χ0) is 18.4. The van der Waals surface area contributed by atoms with Crippen LogP contribution in [0.3, 0.4) is 0 Å². The van der Waals surface area contributed by atoms with Crippen LogP contribution < -0.4 is 15.5 Å². The van der Waals surface area contributed by atoms with Crippen molar-refractivity contribution in [1.29, 1.82) is 0 Å². The van der Waals surface area contributed by atoms with Crippen molar-refractivity contribution < 1.29 is 4.79 Å². The summed E-state index contributed by atoms with van der Waals surface area (Å²) in [5.41, 5.74) is 1.34. The van der Waals surface area contributed by atoms with Gasteiger partial charge in [-0.25, -0.2) is 19.7 Å². The molecule has 2 amide bonds. The maximum Gasteiger partial charge on any atom is 0.319 e. The number of rotatable bonds is 5. The lowest BCUT2D eigenvalue weighted by atomic mass is 10.3. The third-order valence-electron chi connectivity index (χ3n) is 4.22. The van der Waals surface area contributed by atoms with E-state index < -0.39 is 0 Å². The number of carbonyl (C=O) groups excluding carboxylic acids is 1. The molecule has 3 rings (SSSR count). The molecule has 0 aromatic carbocycles. The van der Waals surface area contributed by atoms with Gasteiger partial charge in [0.2, 0.25) is 5.95 Å². The third kappa shape index (κ3) is 5.03. The van der Waals surface area contributed by atoms with Crippen LogP contribution in [-0.2, 0) is 0 Å². The van der Waals surface area contributed by atoms with Gasteiger partial charge in [0.15, 0.2) is 0 Å². The van der Waals surface area contributed by atoms with Gasteiger partial charge in [-0.05, 0) is 25.1 Å². The third-order valence-corrected chi connectivity index (χ3v) is 4.43. The second kappa shape index (κ2) is 8.77. The normalized spacial score (nSPS) is 14.9. The topological polar surface area (TPSA) is 86.3 Å². The van der Waals surface area contributed by atoms with Crippen LogP contribution in [0.1, 0.15) is 5.69 Å². The minimum atomic E-state index is -0.242. The summed E-state index contributed by atoms with van der Waals surface area (Å²) in [5.74, 6) is 0.775. The molecule has 1 aliphatic rings. The van der Waals surface area contributed by atoms with Gasteiger partial charge in [0.05, 0.1) is 11.4 Å². The quantitative estimate of drug-likeness (QED) is 0.775. The van der Waals surface area contributed by atoms with Crippen molar-refractivity contribution >= 4 is 29.3 Å². The first-order valence-electron chi connectivity index (χ1n) is 8.54. The molecule has 2 aromatic rings. The highest BCUT2D eigenvalue weighted by Crippen LogP contribution is 2.15. The van der Waals surface area contributed by atoms with Crippen LogP contribution >= 0.6 is 11.6 Å². The summed E-state index contributed by atoms with van der Waals surface area (Å²) in [6, 6.07) is 4.97. The zero-order valence-electron chi connectivity index (χ0n) is 14.7. The summed E-state index contributed by atoms with van der Waals surface area (Å²) in [7, 11) is 0. The van der Waals surface area contributed by atoms with E-state index >= 15 is 0 Å². The molecule has 138 valence electrons. The first-order chi connectivity index (χ1) is 12.6. The number of amides is 2. The number of nitrogens with one attached hydrogen (secondary N) is 2. The van der Waals surface area contributed by atoms with E-state index in [2.05, 4.69) is 35.4 Å². The Hall–Kier alpha value is -2.45. The number of aryl methyl sites for hydroxylation is 1. The van der Waals surface area contributed by atoms with Gasteiger partial charge in [0, 0.05) is 51.7 Å². The fourth-order valence-electron chi connectivity index (χ4n) is 2.78. The highest BCUT2D eigenvalue weighted by molar-refractivity contribution is 6.29. The molecular formula is C17H22ClN7O. The molecule has 9 heteroatoms. The van der Waals surface area contributed by atoms with Crippen LogP contribution in [0.2, 0.25) is 5.15 Å². The highest BCUT2D eigenvalue weighted by atomic mass is 35.5. The molecule has 2 aromatic heterocycles. The molecule has 0 bridgehead atoms. The molecular weight excluding hydrogens is 354 g/mol. The minimum absolute atomic E-state index is 0.242. The van der Waals surface area contributed by atoms with Gasteiger partial charge in [-0.3, -0.25) is 4.90 Å². The van der Waals surface area contributed by atoms with Crippen LogP contribution in [0.25, 0.3) is 0 Å². The lowest BCUT2D eigenvalue weighted by Crippen LogP contribution is -2.49. The fourth-order valence-corrected chi connectivity index (χ4v) is 2.97. The van der Waals surface area contributed by atoms with Crippen molar-refractivity contribution in [3.05, 3.63) is 41.4 Å². The van der Waals surface area contributed by atoms with Crippen LogP contribution in [0.5, 0.6) is 0 Å². The Morgan fingerprint density at radius 3 is 2.62 bits per heavy atom. The maximum absolute atomic E-state index is 12.0. The second-order valence-electron chi connectivity index (χ2n) is 6.03. The SMILES string of the molecule is Cc1nc(Cl)ccc1NC(=O)NCCN1CCN(c2ncccn2)CC1. The molecule has 1 saturated heterocycles. The van der Waals surface area contributed by atoms with E-state index in [0.717, 1.165) is 38.7 Å². The van der Waals surface area contributed by atoms with Gasteiger partial charge in [-0.2, -0.15) is 0 Å². The molecule has 3 heterocycles. The van der Waals surface area contributed by atoms with Crippen LogP contribution in [-0.4, -0.2) is 65.2 Å². The fraction of sp³-hybridized carbons (Fsp3) is 0.412. The second-order valence-corrected chi connectivity index (χ2v) is 6.41. The Kier molecular flexibility index (Phi) is 6.19. The van der Waals surface area contributed by atoms with Crippen molar-refractivity contribution in [2.24, 2.45) is 0 Å². The molecule has 0 radical (unpaired) electrons. The van der Waals surface area contributed by atoms with Crippen molar-refractivity contribution in [2.45, 2.75) is 6.92 Å². The first kappa shape index (κ1) is 18.3. The van der Waals surface area contributed by atoms with Crippen LogP contribution in [0.4, 0.5) is 16.4 Å². The number of piperazine rings is 1. The molecule has 1 fully saturated rings. The number of carbonyl (C=O) groups is 1. The summed E-state index contributed by atoms with van der Waals surface area (Å²) in [4.78, 5) is 29.2. The molecule has 0 aliphatic carbocycles. The van der Waals surface area contributed by atoms with E-state index in [1.165, 1.54) is 0 Å². The molecule has 26 heavy (non-hydrogen) atoms. The number of hydrogen-bond donors (Lipinski definition) is 2. The van der Waals surface area contributed by atoms with E-state index in [1.54, 1.807) is 31.5 Å². The van der Waals surface area contributed by atoms with Gasteiger partial charge in [-0.15, -0.1) is 0 Å². The Morgan fingerprint density at radius 2 is 1.92 bits per heavy atom. The van der Waals surface area contributed by atoms with E-state index in [9.17, 15) is 4.79 Å². The lowest BCUT2D eigenvalue weighted by Gasteiger charge is -2.34. The molecule has 0 saturated carbocycles. The average Bonchev–Trinajstić information content (AvgIpc) is 2.65.